The van der Waals surface area contributed by atoms with Gasteiger partial charge in [-0.25, -0.2) is 0 Å². The minimum Gasteiger partial charge on any atom is -0.472 e. The predicted octanol–water partition coefficient (Wildman–Crippen LogP) is 2.94. The van der Waals surface area contributed by atoms with Crippen LogP contribution >= 0.6 is 0 Å². The highest BCUT2D eigenvalue weighted by molar-refractivity contribution is 5.94. The van der Waals surface area contributed by atoms with E-state index in [-0.39, 0.29) is 11.9 Å². The lowest BCUT2D eigenvalue weighted by atomic mass is 10.1. The van der Waals surface area contributed by atoms with Crippen molar-refractivity contribution in [1.29, 1.82) is 0 Å². The van der Waals surface area contributed by atoms with Gasteiger partial charge < -0.3 is 9.73 Å². The fraction of sp³-hybridized carbons (Fsp3) is 0.0714. The molecule has 0 fully saturated rings. The molecule has 2 aromatic rings. The molecule has 2 rings (SSSR count). The predicted molar refractivity (Wildman–Crippen MR) is 65.6 cm³/mol. The zero-order valence-electron chi connectivity index (χ0n) is 9.30. The number of benzene rings is 1. The van der Waals surface area contributed by atoms with E-state index in [1.807, 2.05) is 18.2 Å². The summed E-state index contributed by atoms with van der Waals surface area (Å²) < 4.78 is 4.99. The lowest BCUT2D eigenvalue weighted by molar-refractivity contribution is 0.0944. The Morgan fingerprint density at radius 1 is 1.29 bits per heavy atom. The number of carbonyl (C=O) groups excluding carboxylic acids is 1. The van der Waals surface area contributed by atoms with Crippen LogP contribution in [0.3, 0.4) is 0 Å². The fourth-order valence-corrected chi connectivity index (χ4v) is 1.54. The van der Waals surface area contributed by atoms with Crippen molar-refractivity contribution in [2.24, 2.45) is 0 Å². The summed E-state index contributed by atoms with van der Waals surface area (Å²) >= 11 is 0. The number of rotatable bonds is 4. The van der Waals surface area contributed by atoms with Crippen molar-refractivity contribution in [3.8, 4) is 0 Å². The van der Waals surface area contributed by atoms with Crippen LogP contribution in [-0.2, 0) is 0 Å². The molecule has 3 heteroatoms. The quantitative estimate of drug-likeness (QED) is 0.816. The molecule has 1 aromatic heterocycles. The Kier molecular flexibility index (Phi) is 3.40. The minimum absolute atomic E-state index is 0.128. The Bertz CT molecular complexity index is 488. The molecule has 0 spiro atoms. The molecule has 0 radical (unpaired) electrons. The van der Waals surface area contributed by atoms with Gasteiger partial charge >= 0.3 is 0 Å². The Morgan fingerprint density at radius 2 is 2.06 bits per heavy atom. The molecular formula is C14H13NO2. The molecule has 1 aromatic carbocycles. The summed E-state index contributed by atoms with van der Waals surface area (Å²) in [6.45, 7) is 3.71. The van der Waals surface area contributed by atoms with Crippen LogP contribution in [0.1, 0.15) is 22.0 Å². The number of hydrogen-bond acceptors (Lipinski definition) is 2. The highest BCUT2D eigenvalue weighted by Crippen LogP contribution is 2.15. The van der Waals surface area contributed by atoms with Gasteiger partial charge in [-0.05, 0) is 18.2 Å². The van der Waals surface area contributed by atoms with E-state index in [1.165, 1.54) is 0 Å². The van der Waals surface area contributed by atoms with Crippen molar-refractivity contribution < 1.29 is 9.21 Å². The van der Waals surface area contributed by atoms with Crippen LogP contribution in [0, 0.1) is 0 Å². The van der Waals surface area contributed by atoms with Crippen LogP contribution in [0.5, 0.6) is 0 Å². The van der Waals surface area contributed by atoms with E-state index in [4.69, 9.17) is 4.42 Å². The third kappa shape index (κ3) is 2.64. The number of nitrogens with one attached hydrogen (secondary N) is 1. The van der Waals surface area contributed by atoms with Crippen molar-refractivity contribution in [3.05, 3.63) is 72.7 Å². The van der Waals surface area contributed by atoms with Gasteiger partial charge in [-0.1, -0.05) is 24.3 Å². The third-order valence-electron chi connectivity index (χ3n) is 2.46. The van der Waals surface area contributed by atoms with E-state index in [0.29, 0.717) is 5.56 Å². The largest absolute Gasteiger partial charge is 0.472 e. The minimum atomic E-state index is -0.235. The first-order chi connectivity index (χ1) is 8.31. The molecule has 1 atom stereocenters. The van der Waals surface area contributed by atoms with Crippen molar-refractivity contribution in [1.82, 2.24) is 5.32 Å². The summed E-state index contributed by atoms with van der Waals surface area (Å²) in [6, 6.07) is 10.6. The highest BCUT2D eigenvalue weighted by atomic mass is 16.3. The molecular weight excluding hydrogens is 214 g/mol. The molecule has 0 bridgehead atoms. The van der Waals surface area contributed by atoms with E-state index in [1.54, 1.807) is 36.8 Å². The van der Waals surface area contributed by atoms with Crippen LogP contribution in [0.15, 0.2) is 66.0 Å². The SMILES string of the molecule is C=C[C@H](NC(=O)c1ccccc1)c1ccoc1. The van der Waals surface area contributed by atoms with Gasteiger partial charge in [-0.2, -0.15) is 0 Å². The van der Waals surface area contributed by atoms with Crippen LogP contribution in [0.2, 0.25) is 0 Å². The number of carbonyl (C=O) groups is 1. The normalized spacial score (nSPS) is 11.8. The Balaban J connectivity index is 2.10. The van der Waals surface area contributed by atoms with Gasteiger partial charge in [0.15, 0.2) is 0 Å². The summed E-state index contributed by atoms with van der Waals surface area (Å²) in [5, 5.41) is 2.87. The van der Waals surface area contributed by atoms with Crippen molar-refractivity contribution in [2.45, 2.75) is 6.04 Å². The van der Waals surface area contributed by atoms with E-state index < -0.39 is 0 Å². The monoisotopic (exact) mass is 227 g/mol. The van der Waals surface area contributed by atoms with Crippen LogP contribution in [0.4, 0.5) is 0 Å². The molecule has 1 heterocycles. The molecule has 0 unspecified atom stereocenters. The molecule has 0 saturated carbocycles. The topological polar surface area (TPSA) is 42.2 Å². The van der Waals surface area contributed by atoms with Gasteiger partial charge in [-0.15, -0.1) is 6.58 Å². The second-order valence-electron chi connectivity index (χ2n) is 3.61. The summed E-state index contributed by atoms with van der Waals surface area (Å²) in [6.07, 6.45) is 4.84. The van der Waals surface area contributed by atoms with Crippen LogP contribution in [0.25, 0.3) is 0 Å². The summed E-state index contributed by atoms with van der Waals surface area (Å²) in [4.78, 5) is 11.9. The van der Waals surface area contributed by atoms with Crippen molar-refractivity contribution in [3.63, 3.8) is 0 Å². The lowest BCUT2D eigenvalue weighted by Gasteiger charge is -2.12. The molecule has 0 aliphatic carbocycles. The summed E-state index contributed by atoms with van der Waals surface area (Å²) in [5.74, 6) is -0.128. The first kappa shape index (κ1) is 11.2. The summed E-state index contributed by atoms with van der Waals surface area (Å²) in [5.41, 5.74) is 1.51. The second kappa shape index (κ2) is 5.16. The zero-order valence-corrected chi connectivity index (χ0v) is 9.30. The molecule has 3 nitrogen and oxygen atoms in total. The van der Waals surface area contributed by atoms with Gasteiger partial charge in [-0.3, -0.25) is 4.79 Å². The molecule has 17 heavy (non-hydrogen) atoms. The fourth-order valence-electron chi connectivity index (χ4n) is 1.54. The van der Waals surface area contributed by atoms with E-state index in [2.05, 4.69) is 11.9 Å². The van der Waals surface area contributed by atoms with Gasteiger partial charge in [0, 0.05) is 11.1 Å². The average molecular weight is 227 g/mol. The van der Waals surface area contributed by atoms with Crippen molar-refractivity contribution >= 4 is 5.91 Å². The standard InChI is InChI=1S/C14H13NO2/c1-2-13(12-8-9-17-10-12)15-14(16)11-6-4-3-5-7-11/h2-10,13H,1H2,(H,15,16)/t13-/m0/s1. The highest BCUT2D eigenvalue weighted by Gasteiger charge is 2.13. The van der Waals surface area contributed by atoms with Crippen molar-refractivity contribution in [2.75, 3.05) is 0 Å². The maximum absolute atomic E-state index is 11.9. The Morgan fingerprint density at radius 3 is 2.65 bits per heavy atom. The first-order valence-corrected chi connectivity index (χ1v) is 5.32. The van der Waals surface area contributed by atoms with E-state index >= 15 is 0 Å². The molecule has 86 valence electrons. The number of furan rings is 1. The maximum Gasteiger partial charge on any atom is 0.252 e. The molecule has 0 saturated heterocycles. The number of amides is 1. The van der Waals surface area contributed by atoms with Crippen LogP contribution < -0.4 is 5.32 Å². The third-order valence-corrected chi connectivity index (χ3v) is 2.46. The zero-order chi connectivity index (χ0) is 12.1. The first-order valence-electron chi connectivity index (χ1n) is 5.32. The van der Waals surface area contributed by atoms with Crippen LogP contribution in [-0.4, -0.2) is 5.91 Å². The molecule has 0 aliphatic heterocycles. The van der Waals surface area contributed by atoms with Gasteiger partial charge in [0.1, 0.15) is 0 Å². The van der Waals surface area contributed by atoms with E-state index in [9.17, 15) is 4.79 Å². The van der Waals surface area contributed by atoms with Gasteiger partial charge in [0.05, 0.1) is 18.6 Å². The van der Waals surface area contributed by atoms with Gasteiger partial charge in [0.2, 0.25) is 0 Å². The average Bonchev–Trinajstić information content (AvgIpc) is 2.90. The van der Waals surface area contributed by atoms with E-state index in [0.717, 1.165) is 5.56 Å². The number of hydrogen-bond donors (Lipinski definition) is 1. The Hall–Kier alpha value is -2.29. The van der Waals surface area contributed by atoms with Gasteiger partial charge in [0.25, 0.3) is 5.91 Å². The second-order valence-corrected chi connectivity index (χ2v) is 3.61. The lowest BCUT2D eigenvalue weighted by Crippen LogP contribution is -2.26. The molecule has 0 aliphatic rings. The maximum atomic E-state index is 11.9. The summed E-state index contributed by atoms with van der Waals surface area (Å²) in [7, 11) is 0. The Labute approximate surface area is 99.8 Å². The smallest absolute Gasteiger partial charge is 0.252 e. The molecule has 1 amide bonds. The molecule has 1 N–H and O–H groups in total.